The maximum absolute atomic E-state index is 5.85. The Kier molecular flexibility index (Phi) is 4.66. The Hall–Kier alpha value is -1.26. The highest BCUT2D eigenvalue weighted by Gasteiger charge is 2.18. The summed E-state index contributed by atoms with van der Waals surface area (Å²) < 4.78 is 11.3. The maximum Gasteiger partial charge on any atom is 0.161 e. The van der Waals surface area contributed by atoms with Gasteiger partial charge in [-0.25, -0.2) is 0 Å². The number of aryl methyl sites for hydroxylation is 1. The second-order valence-electron chi connectivity index (χ2n) is 5.25. The van der Waals surface area contributed by atoms with Gasteiger partial charge in [0, 0.05) is 12.1 Å². The molecule has 1 aromatic rings. The number of nitrogens with one attached hydrogen (secondary N) is 1. The molecule has 1 aliphatic rings. The zero-order valence-corrected chi connectivity index (χ0v) is 12.0. The molecule has 2 unspecified atom stereocenters. The Morgan fingerprint density at radius 2 is 1.84 bits per heavy atom. The van der Waals surface area contributed by atoms with Crippen LogP contribution in [0.1, 0.15) is 36.9 Å². The summed E-state index contributed by atoms with van der Waals surface area (Å²) in [5.74, 6) is 1.71. The predicted octanol–water partition coefficient (Wildman–Crippen LogP) is 2.15. The van der Waals surface area contributed by atoms with Crippen LogP contribution >= 0.6 is 0 Å². The zero-order chi connectivity index (χ0) is 13.8. The molecule has 4 nitrogen and oxygen atoms in total. The second kappa shape index (κ2) is 6.26. The molecule has 1 aliphatic heterocycles. The summed E-state index contributed by atoms with van der Waals surface area (Å²) in [7, 11) is 1.99. The summed E-state index contributed by atoms with van der Waals surface area (Å²) in [5, 5.41) is 3.37. The van der Waals surface area contributed by atoms with Crippen molar-refractivity contribution in [3.05, 3.63) is 23.3 Å². The fraction of sp³-hybridized carbons (Fsp3) is 0.600. The minimum Gasteiger partial charge on any atom is -0.486 e. The Morgan fingerprint density at radius 3 is 2.42 bits per heavy atom. The normalized spacial score (nSPS) is 17.1. The first kappa shape index (κ1) is 14.2. The van der Waals surface area contributed by atoms with Crippen molar-refractivity contribution in [1.29, 1.82) is 0 Å². The Balaban J connectivity index is 2.21. The van der Waals surface area contributed by atoms with Crippen LogP contribution in [-0.4, -0.2) is 26.3 Å². The average molecular weight is 264 g/mol. The van der Waals surface area contributed by atoms with Crippen molar-refractivity contribution in [3.8, 4) is 11.5 Å². The van der Waals surface area contributed by atoms with Crippen LogP contribution in [0.15, 0.2) is 12.1 Å². The van der Waals surface area contributed by atoms with Gasteiger partial charge in [0.25, 0.3) is 0 Å². The van der Waals surface area contributed by atoms with E-state index in [1.807, 2.05) is 14.0 Å². The lowest BCUT2D eigenvalue weighted by atomic mass is 9.95. The van der Waals surface area contributed by atoms with Crippen molar-refractivity contribution in [2.24, 2.45) is 5.73 Å². The third-order valence-corrected chi connectivity index (χ3v) is 3.57. The van der Waals surface area contributed by atoms with Crippen molar-refractivity contribution in [2.45, 2.75) is 38.8 Å². The number of rotatable bonds is 5. The van der Waals surface area contributed by atoms with Gasteiger partial charge in [-0.2, -0.15) is 0 Å². The molecule has 0 amide bonds. The van der Waals surface area contributed by atoms with E-state index in [9.17, 15) is 0 Å². The van der Waals surface area contributed by atoms with Gasteiger partial charge in [0.2, 0.25) is 0 Å². The molecule has 0 aliphatic carbocycles. The number of hydrogen-bond acceptors (Lipinski definition) is 4. The zero-order valence-electron chi connectivity index (χ0n) is 12.0. The van der Waals surface area contributed by atoms with Gasteiger partial charge in [0.15, 0.2) is 11.5 Å². The molecule has 0 aromatic heterocycles. The van der Waals surface area contributed by atoms with Crippen molar-refractivity contribution in [3.63, 3.8) is 0 Å². The van der Waals surface area contributed by atoms with Crippen LogP contribution in [0, 0.1) is 6.92 Å². The molecule has 0 spiro atoms. The average Bonchev–Trinajstić information content (AvgIpc) is 2.39. The predicted molar refractivity (Wildman–Crippen MR) is 76.9 cm³/mol. The first-order valence-corrected chi connectivity index (χ1v) is 6.94. The van der Waals surface area contributed by atoms with Crippen molar-refractivity contribution >= 4 is 0 Å². The molecule has 0 fully saturated rings. The minimum atomic E-state index is 0.230. The van der Waals surface area contributed by atoms with E-state index in [0.29, 0.717) is 19.3 Å². The van der Waals surface area contributed by atoms with Crippen LogP contribution in [0.25, 0.3) is 0 Å². The summed E-state index contributed by atoms with van der Waals surface area (Å²) in [5.41, 5.74) is 8.35. The fourth-order valence-electron chi connectivity index (χ4n) is 2.47. The van der Waals surface area contributed by atoms with Gasteiger partial charge in [-0.15, -0.1) is 0 Å². The molecule has 1 heterocycles. The number of benzene rings is 1. The molecule has 0 saturated heterocycles. The molecular formula is C15H24N2O2. The first-order chi connectivity index (χ1) is 9.11. The van der Waals surface area contributed by atoms with E-state index in [2.05, 4.69) is 24.4 Å². The molecular weight excluding hydrogens is 240 g/mol. The molecule has 0 bridgehead atoms. The SMILES string of the molecule is CNC(CCC(C)N)c1cc2c(cc1C)OCCO2. The van der Waals surface area contributed by atoms with Crippen molar-refractivity contribution in [1.82, 2.24) is 5.32 Å². The lowest BCUT2D eigenvalue weighted by Crippen LogP contribution is -2.23. The highest BCUT2D eigenvalue weighted by molar-refractivity contribution is 5.48. The van der Waals surface area contributed by atoms with E-state index in [4.69, 9.17) is 15.2 Å². The van der Waals surface area contributed by atoms with Gasteiger partial charge >= 0.3 is 0 Å². The summed E-state index contributed by atoms with van der Waals surface area (Å²) in [4.78, 5) is 0. The standard InChI is InChI=1S/C15H24N2O2/c1-10-8-14-15(19-7-6-18-14)9-12(10)13(17-3)5-4-11(2)16/h8-9,11,13,17H,4-7,16H2,1-3H3. The molecule has 3 N–H and O–H groups in total. The van der Waals surface area contributed by atoms with Crippen LogP contribution in [0.2, 0.25) is 0 Å². The van der Waals surface area contributed by atoms with E-state index in [1.165, 1.54) is 11.1 Å². The number of nitrogens with two attached hydrogens (primary N) is 1. The summed E-state index contributed by atoms with van der Waals surface area (Å²) in [6, 6.07) is 4.71. The van der Waals surface area contributed by atoms with Crippen molar-refractivity contribution < 1.29 is 9.47 Å². The Labute approximate surface area is 115 Å². The van der Waals surface area contributed by atoms with Gasteiger partial charge < -0.3 is 20.5 Å². The molecule has 0 saturated carbocycles. The van der Waals surface area contributed by atoms with Gasteiger partial charge in [-0.05, 0) is 57.0 Å². The molecule has 19 heavy (non-hydrogen) atoms. The van der Waals surface area contributed by atoms with E-state index < -0.39 is 0 Å². The van der Waals surface area contributed by atoms with Gasteiger partial charge in [0.1, 0.15) is 13.2 Å². The van der Waals surface area contributed by atoms with Gasteiger partial charge in [-0.3, -0.25) is 0 Å². The highest BCUT2D eigenvalue weighted by atomic mass is 16.6. The van der Waals surface area contributed by atoms with Crippen LogP contribution in [0.5, 0.6) is 11.5 Å². The summed E-state index contributed by atoms with van der Waals surface area (Å²) in [6.45, 7) is 5.42. The quantitative estimate of drug-likeness (QED) is 0.855. The molecule has 1 aromatic carbocycles. The van der Waals surface area contributed by atoms with Crippen LogP contribution in [0.3, 0.4) is 0 Å². The lowest BCUT2D eigenvalue weighted by molar-refractivity contribution is 0.171. The van der Waals surface area contributed by atoms with Crippen molar-refractivity contribution in [2.75, 3.05) is 20.3 Å². The molecule has 2 rings (SSSR count). The van der Waals surface area contributed by atoms with E-state index in [0.717, 1.165) is 24.3 Å². The molecule has 2 atom stereocenters. The lowest BCUT2D eigenvalue weighted by Gasteiger charge is -2.24. The fourth-order valence-corrected chi connectivity index (χ4v) is 2.47. The third-order valence-electron chi connectivity index (χ3n) is 3.57. The van der Waals surface area contributed by atoms with Crippen LogP contribution < -0.4 is 20.5 Å². The smallest absolute Gasteiger partial charge is 0.161 e. The van der Waals surface area contributed by atoms with Crippen LogP contribution in [0.4, 0.5) is 0 Å². The number of fused-ring (bicyclic) bond motifs is 1. The minimum absolute atomic E-state index is 0.230. The Bertz CT molecular complexity index is 432. The monoisotopic (exact) mass is 264 g/mol. The topological polar surface area (TPSA) is 56.5 Å². The van der Waals surface area contributed by atoms with Gasteiger partial charge in [0.05, 0.1) is 0 Å². The highest BCUT2D eigenvalue weighted by Crippen LogP contribution is 2.36. The van der Waals surface area contributed by atoms with E-state index >= 15 is 0 Å². The molecule has 0 radical (unpaired) electrons. The maximum atomic E-state index is 5.85. The molecule has 4 heteroatoms. The van der Waals surface area contributed by atoms with Gasteiger partial charge in [-0.1, -0.05) is 0 Å². The van der Waals surface area contributed by atoms with E-state index in [1.54, 1.807) is 0 Å². The number of hydrogen-bond donors (Lipinski definition) is 2. The first-order valence-electron chi connectivity index (χ1n) is 6.94. The molecule has 106 valence electrons. The Morgan fingerprint density at radius 1 is 1.21 bits per heavy atom. The van der Waals surface area contributed by atoms with E-state index in [-0.39, 0.29) is 6.04 Å². The van der Waals surface area contributed by atoms with Crippen LogP contribution in [-0.2, 0) is 0 Å². The largest absolute Gasteiger partial charge is 0.486 e. The third kappa shape index (κ3) is 3.39. The summed E-state index contributed by atoms with van der Waals surface area (Å²) in [6.07, 6.45) is 2.02. The second-order valence-corrected chi connectivity index (χ2v) is 5.25. The number of ether oxygens (including phenoxy) is 2. The summed E-state index contributed by atoms with van der Waals surface area (Å²) >= 11 is 0.